The van der Waals surface area contributed by atoms with Gasteiger partial charge >= 0.3 is 0 Å². The molecule has 3 rings (SSSR count). The van der Waals surface area contributed by atoms with Crippen molar-refractivity contribution in [3.63, 3.8) is 0 Å². The lowest BCUT2D eigenvalue weighted by molar-refractivity contribution is -0.133. The van der Waals surface area contributed by atoms with Gasteiger partial charge in [0, 0.05) is 44.7 Å². The zero-order valence-corrected chi connectivity index (χ0v) is 14.6. The van der Waals surface area contributed by atoms with Crippen molar-refractivity contribution in [1.82, 2.24) is 9.80 Å². The van der Waals surface area contributed by atoms with Gasteiger partial charge in [0.25, 0.3) is 0 Å². The SMILES string of the molecule is O=C(CCC1CCCCC1)N1CCN(Cc2ccccc2F)CC1. The lowest BCUT2D eigenvalue weighted by atomic mass is 9.86. The Morgan fingerprint density at radius 2 is 1.75 bits per heavy atom. The Balaban J connectivity index is 1.39. The van der Waals surface area contributed by atoms with Crippen molar-refractivity contribution in [1.29, 1.82) is 0 Å². The van der Waals surface area contributed by atoms with Gasteiger partial charge in [-0.2, -0.15) is 0 Å². The van der Waals surface area contributed by atoms with Crippen LogP contribution in [0.4, 0.5) is 4.39 Å². The predicted molar refractivity (Wildman–Crippen MR) is 94.1 cm³/mol. The summed E-state index contributed by atoms with van der Waals surface area (Å²) in [5.41, 5.74) is 0.745. The van der Waals surface area contributed by atoms with Gasteiger partial charge in [0.1, 0.15) is 5.82 Å². The van der Waals surface area contributed by atoms with Gasteiger partial charge in [0.15, 0.2) is 0 Å². The number of halogens is 1. The van der Waals surface area contributed by atoms with E-state index in [0.717, 1.165) is 44.1 Å². The summed E-state index contributed by atoms with van der Waals surface area (Å²) in [6.07, 6.45) is 8.44. The first-order valence-electron chi connectivity index (χ1n) is 9.46. The van der Waals surface area contributed by atoms with Crippen LogP contribution in [-0.2, 0) is 11.3 Å². The van der Waals surface area contributed by atoms with Crippen molar-refractivity contribution in [3.8, 4) is 0 Å². The van der Waals surface area contributed by atoms with E-state index in [1.165, 1.54) is 38.2 Å². The first kappa shape index (κ1) is 17.4. The molecule has 1 aliphatic carbocycles. The molecule has 2 aliphatic rings. The fourth-order valence-corrected chi connectivity index (χ4v) is 3.98. The number of piperazine rings is 1. The van der Waals surface area contributed by atoms with Crippen LogP contribution in [0.1, 0.15) is 50.5 Å². The summed E-state index contributed by atoms with van der Waals surface area (Å²) >= 11 is 0. The average Bonchev–Trinajstić information content (AvgIpc) is 2.63. The average molecular weight is 332 g/mol. The van der Waals surface area contributed by atoms with Crippen LogP contribution in [0.25, 0.3) is 0 Å². The molecule has 0 unspecified atom stereocenters. The van der Waals surface area contributed by atoms with Crippen molar-refractivity contribution in [2.45, 2.75) is 51.5 Å². The highest BCUT2D eigenvalue weighted by Crippen LogP contribution is 2.27. The van der Waals surface area contributed by atoms with Crippen molar-refractivity contribution in [3.05, 3.63) is 35.6 Å². The second-order valence-corrected chi connectivity index (χ2v) is 7.29. The number of benzene rings is 1. The molecule has 0 atom stereocenters. The van der Waals surface area contributed by atoms with E-state index in [1.807, 2.05) is 17.0 Å². The van der Waals surface area contributed by atoms with Gasteiger partial charge in [0.2, 0.25) is 5.91 Å². The monoisotopic (exact) mass is 332 g/mol. The van der Waals surface area contributed by atoms with E-state index in [4.69, 9.17) is 0 Å². The first-order chi connectivity index (χ1) is 11.7. The van der Waals surface area contributed by atoms with Crippen LogP contribution in [0, 0.1) is 11.7 Å². The van der Waals surface area contributed by atoms with Gasteiger partial charge in [0.05, 0.1) is 0 Å². The minimum absolute atomic E-state index is 0.136. The van der Waals surface area contributed by atoms with Crippen LogP contribution < -0.4 is 0 Å². The van der Waals surface area contributed by atoms with Crippen molar-refractivity contribution >= 4 is 5.91 Å². The molecule has 0 N–H and O–H groups in total. The first-order valence-corrected chi connectivity index (χ1v) is 9.46. The van der Waals surface area contributed by atoms with Gasteiger partial charge in [-0.05, 0) is 18.4 Å². The Labute approximate surface area is 144 Å². The van der Waals surface area contributed by atoms with Gasteiger partial charge in [-0.1, -0.05) is 50.3 Å². The fraction of sp³-hybridized carbons (Fsp3) is 0.650. The van der Waals surface area contributed by atoms with E-state index in [1.54, 1.807) is 6.07 Å². The molecular weight excluding hydrogens is 303 g/mol. The maximum Gasteiger partial charge on any atom is 0.222 e. The molecule has 0 aromatic heterocycles. The molecule has 132 valence electrons. The number of amides is 1. The largest absolute Gasteiger partial charge is 0.340 e. The summed E-state index contributed by atoms with van der Waals surface area (Å²) in [7, 11) is 0. The van der Waals surface area contributed by atoms with E-state index in [-0.39, 0.29) is 5.82 Å². The zero-order chi connectivity index (χ0) is 16.8. The summed E-state index contributed by atoms with van der Waals surface area (Å²) in [6, 6.07) is 6.96. The lowest BCUT2D eigenvalue weighted by Gasteiger charge is -2.35. The third-order valence-corrected chi connectivity index (χ3v) is 5.57. The summed E-state index contributed by atoms with van der Waals surface area (Å²) in [6.45, 7) is 3.86. The number of rotatable bonds is 5. The number of nitrogens with zero attached hydrogens (tertiary/aromatic N) is 2. The Morgan fingerprint density at radius 3 is 2.46 bits per heavy atom. The third kappa shape index (κ3) is 4.79. The predicted octanol–water partition coefficient (Wildman–Crippen LogP) is 3.83. The summed E-state index contributed by atoms with van der Waals surface area (Å²) in [5.74, 6) is 0.944. The highest BCUT2D eigenvalue weighted by atomic mass is 19.1. The van der Waals surface area contributed by atoms with E-state index < -0.39 is 0 Å². The quantitative estimate of drug-likeness (QED) is 0.818. The maximum absolute atomic E-state index is 13.7. The fourth-order valence-electron chi connectivity index (χ4n) is 3.98. The van der Waals surface area contributed by atoms with Crippen LogP contribution in [0.3, 0.4) is 0 Å². The number of carbonyl (C=O) groups excluding carboxylic acids is 1. The van der Waals surface area contributed by atoms with Crippen LogP contribution in [0.5, 0.6) is 0 Å². The zero-order valence-electron chi connectivity index (χ0n) is 14.6. The highest BCUT2D eigenvalue weighted by molar-refractivity contribution is 5.76. The molecule has 1 aliphatic heterocycles. The van der Waals surface area contributed by atoms with Crippen LogP contribution in [0.15, 0.2) is 24.3 Å². The number of carbonyl (C=O) groups is 1. The van der Waals surface area contributed by atoms with Crippen LogP contribution in [-0.4, -0.2) is 41.9 Å². The van der Waals surface area contributed by atoms with E-state index in [2.05, 4.69) is 4.90 Å². The Bertz CT molecular complexity index is 534. The Kier molecular flexibility index (Phi) is 6.24. The summed E-state index contributed by atoms with van der Waals surface area (Å²) < 4.78 is 13.7. The molecule has 0 spiro atoms. The molecule has 24 heavy (non-hydrogen) atoms. The molecule has 3 nitrogen and oxygen atoms in total. The van der Waals surface area contributed by atoms with E-state index >= 15 is 0 Å². The molecule has 1 amide bonds. The van der Waals surface area contributed by atoms with Crippen molar-refractivity contribution in [2.75, 3.05) is 26.2 Å². The van der Waals surface area contributed by atoms with Crippen LogP contribution >= 0.6 is 0 Å². The molecule has 0 bridgehead atoms. The lowest BCUT2D eigenvalue weighted by Crippen LogP contribution is -2.48. The second kappa shape index (κ2) is 8.61. The minimum Gasteiger partial charge on any atom is -0.340 e. The molecule has 4 heteroatoms. The molecule has 1 saturated carbocycles. The molecule has 2 fully saturated rings. The summed E-state index contributed by atoms with van der Waals surface area (Å²) in [4.78, 5) is 16.6. The van der Waals surface area contributed by atoms with Gasteiger partial charge < -0.3 is 4.90 Å². The third-order valence-electron chi connectivity index (χ3n) is 5.57. The second-order valence-electron chi connectivity index (χ2n) is 7.29. The number of hydrogen-bond acceptors (Lipinski definition) is 2. The normalized spacial score (nSPS) is 20.3. The molecule has 1 aromatic carbocycles. The van der Waals surface area contributed by atoms with E-state index in [9.17, 15) is 9.18 Å². The van der Waals surface area contributed by atoms with Gasteiger partial charge in [-0.25, -0.2) is 4.39 Å². The molecule has 1 saturated heterocycles. The Morgan fingerprint density at radius 1 is 1.04 bits per heavy atom. The van der Waals surface area contributed by atoms with Crippen LogP contribution in [0.2, 0.25) is 0 Å². The Hall–Kier alpha value is -1.42. The van der Waals surface area contributed by atoms with Gasteiger partial charge in [-0.3, -0.25) is 9.69 Å². The minimum atomic E-state index is -0.136. The van der Waals surface area contributed by atoms with E-state index in [0.29, 0.717) is 18.9 Å². The van der Waals surface area contributed by atoms with Crippen molar-refractivity contribution in [2.24, 2.45) is 5.92 Å². The molecule has 1 heterocycles. The summed E-state index contributed by atoms with van der Waals surface area (Å²) in [5, 5.41) is 0. The molecule has 1 aromatic rings. The van der Waals surface area contributed by atoms with Crippen molar-refractivity contribution < 1.29 is 9.18 Å². The van der Waals surface area contributed by atoms with Gasteiger partial charge in [-0.15, -0.1) is 0 Å². The number of hydrogen-bond donors (Lipinski definition) is 0. The standard InChI is InChI=1S/C20H29FN2O/c21-19-9-5-4-8-18(19)16-22-12-14-23(15-13-22)20(24)11-10-17-6-2-1-3-7-17/h4-5,8-9,17H,1-3,6-7,10-16H2. The highest BCUT2D eigenvalue weighted by Gasteiger charge is 2.22. The molecule has 0 radical (unpaired) electrons. The molecular formula is C20H29FN2O. The maximum atomic E-state index is 13.7. The smallest absolute Gasteiger partial charge is 0.222 e. The topological polar surface area (TPSA) is 23.6 Å².